The van der Waals surface area contributed by atoms with Crippen molar-refractivity contribution >= 4 is 28.8 Å². The lowest BCUT2D eigenvalue weighted by Crippen LogP contribution is -2.48. The average molecular weight is 577 g/mol. The van der Waals surface area contributed by atoms with E-state index in [1.807, 2.05) is 37.1 Å². The molecule has 0 saturated carbocycles. The molecule has 0 radical (unpaired) electrons. The fraction of sp³-hybridized carbons (Fsp3) is 0.469. The maximum atomic E-state index is 13.7. The summed E-state index contributed by atoms with van der Waals surface area (Å²) in [7, 11) is 1.82. The van der Waals surface area contributed by atoms with Crippen LogP contribution in [0.5, 0.6) is 0 Å². The SMILES string of the molecule is Cc1ccc(-c2nc(C(C)(C)C)cs2)cc1N(CC(=O)NCCNC(C)C)CC(=O)N(C)N1Cc2ccccc2C1. The van der Waals surface area contributed by atoms with Crippen LogP contribution in [0, 0.1) is 6.92 Å². The van der Waals surface area contributed by atoms with Gasteiger partial charge in [0, 0.05) is 61.3 Å². The van der Waals surface area contributed by atoms with E-state index in [-0.39, 0.29) is 30.3 Å². The van der Waals surface area contributed by atoms with E-state index in [1.165, 1.54) is 11.1 Å². The van der Waals surface area contributed by atoms with Crippen LogP contribution in [-0.2, 0) is 28.1 Å². The van der Waals surface area contributed by atoms with E-state index >= 15 is 0 Å². The largest absolute Gasteiger partial charge is 0.353 e. The molecule has 2 amide bonds. The number of nitrogens with one attached hydrogen (secondary N) is 2. The standard InChI is InChI=1S/C32H44N6O2S/c1-22(2)33-14-15-34-29(39)19-37(20-30(40)36(7)38-17-25-10-8-9-11-26(25)18-38)27-16-24(13-12-23(27)3)31-35-28(21-41-31)32(4,5)6/h8-13,16,21-22,33H,14-15,17-20H2,1-7H3,(H,34,39). The molecule has 8 nitrogen and oxygen atoms in total. The van der Waals surface area contributed by atoms with Crippen LogP contribution in [0.3, 0.4) is 0 Å². The van der Waals surface area contributed by atoms with Gasteiger partial charge in [-0.1, -0.05) is 71.0 Å². The fourth-order valence-corrected chi connectivity index (χ4v) is 5.85. The van der Waals surface area contributed by atoms with E-state index in [9.17, 15) is 9.59 Å². The van der Waals surface area contributed by atoms with Gasteiger partial charge in [-0.2, -0.15) is 0 Å². The number of thiazole rings is 1. The highest BCUT2D eigenvalue weighted by Gasteiger charge is 2.27. The number of fused-ring (bicyclic) bond motifs is 1. The minimum atomic E-state index is -0.117. The molecule has 41 heavy (non-hydrogen) atoms. The normalized spacial score (nSPS) is 13.4. The Balaban J connectivity index is 1.55. The van der Waals surface area contributed by atoms with Crippen LogP contribution >= 0.6 is 11.3 Å². The smallest absolute Gasteiger partial charge is 0.256 e. The van der Waals surface area contributed by atoms with Crippen LogP contribution in [0.1, 0.15) is 57.0 Å². The summed E-state index contributed by atoms with van der Waals surface area (Å²) >= 11 is 1.62. The van der Waals surface area contributed by atoms with E-state index in [2.05, 4.69) is 79.9 Å². The quantitative estimate of drug-likeness (QED) is 0.322. The van der Waals surface area contributed by atoms with Crippen molar-refractivity contribution in [2.75, 3.05) is 38.1 Å². The summed E-state index contributed by atoms with van der Waals surface area (Å²) in [6.07, 6.45) is 0. The number of rotatable bonds is 11. The predicted octanol–water partition coefficient (Wildman–Crippen LogP) is 4.73. The Morgan fingerprint density at radius 3 is 2.34 bits per heavy atom. The van der Waals surface area contributed by atoms with Crippen molar-refractivity contribution in [2.45, 2.75) is 66.1 Å². The van der Waals surface area contributed by atoms with Crippen LogP contribution < -0.4 is 15.5 Å². The summed E-state index contributed by atoms with van der Waals surface area (Å²) in [5.41, 5.74) is 6.32. The first-order valence-electron chi connectivity index (χ1n) is 14.3. The van der Waals surface area contributed by atoms with Crippen LogP contribution in [0.15, 0.2) is 47.8 Å². The first-order chi connectivity index (χ1) is 19.4. The zero-order chi connectivity index (χ0) is 29.7. The summed E-state index contributed by atoms with van der Waals surface area (Å²) in [4.78, 5) is 33.5. The highest BCUT2D eigenvalue weighted by molar-refractivity contribution is 7.13. The molecule has 1 aliphatic heterocycles. The Morgan fingerprint density at radius 2 is 1.73 bits per heavy atom. The average Bonchev–Trinajstić information content (AvgIpc) is 3.58. The van der Waals surface area contributed by atoms with Crippen molar-refractivity contribution in [3.05, 3.63) is 70.2 Å². The summed E-state index contributed by atoms with van der Waals surface area (Å²) in [6, 6.07) is 14.8. The molecule has 0 saturated heterocycles. The lowest BCUT2D eigenvalue weighted by molar-refractivity contribution is -0.145. The molecular formula is C32H44N6O2S. The predicted molar refractivity (Wildman–Crippen MR) is 168 cm³/mol. The van der Waals surface area contributed by atoms with Gasteiger partial charge in [0.2, 0.25) is 5.91 Å². The Hall–Kier alpha value is -3.27. The fourth-order valence-electron chi connectivity index (χ4n) is 4.80. The number of carbonyl (C=O) groups is 2. The van der Waals surface area contributed by atoms with Gasteiger partial charge in [-0.15, -0.1) is 11.3 Å². The second-order valence-corrected chi connectivity index (χ2v) is 13.0. The third-order valence-corrected chi connectivity index (χ3v) is 8.23. The first-order valence-corrected chi connectivity index (χ1v) is 15.2. The number of likely N-dealkylation sites (N-methyl/N-ethyl adjacent to an activating group) is 1. The molecule has 0 atom stereocenters. The van der Waals surface area contributed by atoms with Crippen LogP contribution in [0.2, 0.25) is 0 Å². The lowest BCUT2D eigenvalue weighted by atomic mass is 9.93. The molecule has 0 fully saturated rings. The van der Waals surface area contributed by atoms with E-state index in [0.29, 0.717) is 32.2 Å². The topological polar surface area (TPSA) is 80.8 Å². The number of benzene rings is 2. The molecule has 2 N–H and O–H groups in total. The number of nitrogens with zero attached hydrogens (tertiary/aromatic N) is 4. The Bertz CT molecular complexity index is 1340. The molecule has 0 unspecified atom stereocenters. The molecule has 0 aliphatic carbocycles. The monoisotopic (exact) mass is 576 g/mol. The maximum Gasteiger partial charge on any atom is 0.256 e. The molecule has 2 heterocycles. The number of aryl methyl sites for hydroxylation is 1. The summed E-state index contributed by atoms with van der Waals surface area (Å²) < 4.78 is 0. The second-order valence-electron chi connectivity index (χ2n) is 12.1. The Kier molecular flexibility index (Phi) is 9.84. The number of hydrogen-bond donors (Lipinski definition) is 2. The number of hydrazine groups is 1. The highest BCUT2D eigenvalue weighted by Crippen LogP contribution is 2.33. The number of carbonyl (C=O) groups excluding carboxylic acids is 2. The van der Waals surface area contributed by atoms with E-state index < -0.39 is 0 Å². The number of aromatic nitrogens is 1. The van der Waals surface area contributed by atoms with Gasteiger partial charge in [0.05, 0.1) is 18.8 Å². The molecule has 0 bridgehead atoms. The van der Waals surface area contributed by atoms with Gasteiger partial charge in [0.25, 0.3) is 5.91 Å². The van der Waals surface area contributed by atoms with Gasteiger partial charge in [0.15, 0.2) is 0 Å². The molecular weight excluding hydrogens is 532 g/mol. The number of anilines is 1. The summed E-state index contributed by atoms with van der Waals surface area (Å²) in [6.45, 7) is 15.4. The van der Waals surface area contributed by atoms with Gasteiger partial charge >= 0.3 is 0 Å². The third kappa shape index (κ3) is 7.93. The molecule has 2 aromatic carbocycles. The molecule has 1 aliphatic rings. The molecule has 4 rings (SSSR count). The summed E-state index contributed by atoms with van der Waals surface area (Å²) in [5.74, 6) is -0.185. The van der Waals surface area contributed by atoms with E-state index in [0.717, 1.165) is 27.5 Å². The van der Waals surface area contributed by atoms with Crippen molar-refractivity contribution in [1.82, 2.24) is 25.6 Å². The molecule has 1 aromatic heterocycles. The van der Waals surface area contributed by atoms with E-state index in [1.54, 1.807) is 16.3 Å². The molecule has 9 heteroatoms. The van der Waals surface area contributed by atoms with Crippen molar-refractivity contribution in [2.24, 2.45) is 0 Å². The third-order valence-electron chi connectivity index (χ3n) is 7.34. The minimum absolute atomic E-state index is 0.0386. The van der Waals surface area contributed by atoms with Gasteiger partial charge in [0.1, 0.15) is 5.01 Å². The first kappa shape index (κ1) is 30.7. The van der Waals surface area contributed by atoms with Crippen molar-refractivity contribution < 1.29 is 9.59 Å². The molecule has 3 aromatic rings. The lowest BCUT2D eigenvalue weighted by Gasteiger charge is -2.32. The Labute approximate surface area is 248 Å². The van der Waals surface area contributed by atoms with Gasteiger partial charge in [-0.3, -0.25) is 14.6 Å². The van der Waals surface area contributed by atoms with Crippen LogP contribution in [-0.4, -0.2) is 66.1 Å². The Morgan fingerprint density at radius 1 is 1.05 bits per heavy atom. The zero-order valence-electron chi connectivity index (χ0n) is 25.5. The minimum Gasteiger partial charge on any atom is -0.353 e. The van der Waals surface area contributed by atoms with Gasteiger partial charge < -0.3 is 15.5 Å². The van der Waals surface area contributed by atoms with Crippen molar-refractivity contribution in [3.63, 3.8) is 0 Å². The second kappa shape index (κ2) is 13.1. The zero-order valence-corrected chi connectivity index (χ0v) is 26.3. The number of amides is 2. The summed E-state index contributed by atoms with van der Waals surface area (Å²) in [5, 5.41) is 13.1. The van der Waals surface area contributed by atoms with Crippen molar-refractivity contribution in [1.29, 1.82) is 0 Å². The van der Waals surface area contributed by atoms with Crippen LogP contribution in [0.25, 0.3) is 10.6 Å². The van der Waals surface area contributed by atoms with Crippen LogP contribution in [0.4, 0.5) is 5.69 Å². The highest BCUT2D eigenvalue weighted by atomic mass is 32.1. The number of hydrogen-bond acceptors (Lipinski definition) is 7. The van der Waals surface area contributed by atoms with Crippen molar-refractivity contribution in [3.8, 4) is 10.6 Å². The van der Waals surface area contributed by atoms with Gasteiger partial charge in [-0.05, 0) is 29.7 Å². The van der Waals surface area contributed by atoms with E-state index in [4.69, 9.17) is 4.98 Å². The molecule has 0 spiro atoms. The molecule has 220 valence electrons. The maximum absolute atomic E-state index is 13.7. The van der Waals surface area contributed by atoms with Gasteiger partial charge in [-0.25, -0.2) is 9.99 Å².